The predicted octanol–water partition coefficient (Wildman–Crippen LogP) is 3.71. The fourth-order valence-electron chi connectivity index (χ4n) is 1.72. The molecule has 8 heteroatoms. The Morgan fingerprint density at radius 1 is 1.26 bits per heavy atom. The van der Waals surface area contributed by atoms with Gasteiger partial charge in [0.15, 0.2) is 0 Å². The maximum Gasteiger partial charge on any atom is 0.416 e. The molecule has 0 saturated carbocycles. The van der Waals surface area contributed by atoms with Crippen LogP contribution >= 0.6 is 15.9 Å². The SMILES string of the molecule is OC(CNc1ccc(Br)cn1)COc1cccc(C(F)(F)F)c1. The van der Waals surface area contributed by atoms with Gasteiger partial charge in [0.25, 0.3) is 0 Å². The molecule has 0 fully saturated rings. The first-order valence-electron chi connectivity index (χ1n) is 6.68. The number of ether oxygens (including phenoxy) is 1. The molecule has 0 spiro atoms. The summed E-state index contributed by atoms with van der Waals surface area (Å²) in [7, 11) is 0. The number of hydrogen-bond acceptors (Lipinski definition) is 4. The number of nitrogens with one attached hydrogen (secondary N) is 1. The number of hydrogen-bond donors (Lipinski definition) is 2. The van der Waals surface area contributed by atoms with Gasteiger partial charge in [-0.05, 0) is 46.3 Å². The molecule has 1 aromatic carbocycles. The van der Waals surface area contributed by atoms with E-state index in [1.54, 1.807) is 18.3 Å². The van der Waals surface area contributed by atoms with E-state index in [-0.39, 0.29) is 18.9 Å². The molecule has 0 saturated heterocycles. The van der Waals surface area contributed by atoms with E-state index in [2.05, 4.69) is 26.2 Å². The third-order valence-electron chi connectivity index (χ3n) is 2.85. The van der Waals surface area contributed by atoms with Crippen LogP contribution in [0.15, 0.2) is 47.1 Å². The molecular weight excluding hydrogens is 377 g/mol. The van der Waals surface area contributed by atoms with Crippen LogP contribution < -0.4 is 10.1 Å². The molecule has 0 aliphatic heterocycles. The topological polar surface area (TPSA) is 54.4 Å². The molecule has 0 amide bonds. The average molecular weight is 391 g/mol. The second kappa shape index (κ2) is 7.65. The summed E-state index contributed by atoms with van der Waals surface area (Å²) in [5.74, 6) is 0.631. The molecule has 1 unspecified atom stereocenters. The van der Waals surface area contributed by atoms with Crippen molar-refractivity contribution >= 4 is 21.7 Å². The minimum absolute atomic E-state index is 0.0561. The minimum Gasteiger partial charge on any atom is -0.491 e. The number of aliphatic hydroxyl groups excluding tert-OH is 1. The highest BCUT2D eigenvalue weighted by atomic mass is 79.9. The highest BCUT2D eigenvalue weighted by Crippen LogP contribution is 2.31. The third-order valence-corrected chi connectivity index (χ3v) is 3.32. The molecule has 0 radical (unpaired) electrons. The lowest BCUT2D eigenvalue weighted by Gasteiger charge is -2.14. The second-order valence-corrected chi connectivity index (χ2v) is 5.65. The van der Waals surface area contributed by atoms with Crippen molar-refractivity contribution in [3.63, 3.8) is 0 Å². The first-order valence-corrected chi connectivity index (χ1v) is 7.47. The highest BCUT2D eigenvalue weighted by molar-refractivity contribution is 9.10. The van der Waals surface area contributed by atoms with Crippen LogP contribution in [-0.4, -0.2) is 29.3 Å². The number of rotatable bonds is 6. The Bertz CT molecular complexity index is 635. The van der Waals surface area contributed by atoms with Gasteiger partial charge in [0, 0.05) is 17.2 Å². The molecule has 0 bridgehead atoms. The van der Waals surface area contributed by atoms with Crippen molar-refractivity contribution in [1.82, 2.24) is 4.98 Å². The smallest absolute Gasteiger partial charge is 0.416 e. The monoisotopic (exact) mass is 390 g/mol. The van der Waals surface area contributed by atoms with Crippen LogP contribution in [0, 0.1) is 0 Å². The van der Waals surface area contributed by atoms with Crippen LogP contribution in [-0.2, 0) is 6.18 Å². The average Bonchev–Trinajstić information content (AvgIpc) is 2.52. The van der Waals surface area contributed by atoms with E-state index in [1.807, 2.05) is 0 Å². The van der Waals surface area contributed by atoms with E-state index in [4.69, 9.17) is 4.74 Å². The quantitative estimate of drug-likeness (QED) is 0.789. The highest BCUT2D eigenvalue weighted by Gasteiger charge is 2.30. The number of anilines is 1. The van der Waals surface area contributed by atoms with Gasteiger partial charge >= 0.3 is 6.18 Å². The Morgan fingerprint density at radius 3 is 2.70 bits per heavy atom. The number of benzene rings is 1. The first-order chi connectivity index (χ1) is 10.8. The van der Waals surface area contributed by atoms with E-state index in [1.165, 1.54) is 12.1 Å². The number of aromatic nitrogens is 1. The summed E-state index contributed by atoms with van der Waals surface area (Å²) in [6, 6.07) is 8.05. The summed E-state index contributed by atoms with van der Waals surface area (Å²) in [6.45, 7) is 0.0262. The standard InChI is InChI=1S/C15H14BrF3N2O2/c16-11-4-5-14(20-7-11)21-8-12(22)9-23-13-3-1-2-10(6-13)15(17,18)19/h1-7,12,22H,8-9H2,(H,20,21). The van der Waals surface area contributed by atoms with Crippen LogP contribution in [0.1, 0.15) is 5.56 Å². The Labute approximate surface area is 139 Å². The second-order valence-electron chi connectivity index (χ2n) is 4.73. The van der Waals surface area contributed by atoms with Crippen molar-refractivity contribution in [3.05, 3.63) is 52.6 Å². The number of nitrogens with zero attached hydrogens (tertiary/aromatic N) is 1. The van der Waals surface area contributed by atoms with Gasteiger partial charge in [0.1, 0.15) is 24.3 Å². The molecule has 0 aliphatic rings. The fourth-order valence-corrected chi connectivity index (χ4v) is 1.95. The van der Waals surface area contributed by atoms with Crippen molar-refractivity contribution in [2.45, 2.75) is 12.3 Å². The van der Waals surface area contributed by atoms with Crippen molar-refractivity contribution in [2.24, 2.45) is 0 Å². The molecule has 2 rings (SSSR count). The first kappa shape index (κ1) is 17.6. The maximum absolute atomic E-state index is 12.6. The summed E-state index contributed by atoms with van der Waals surface area (Å²) in [5.41, 5.74) is -0.790. The van der Waals surface area contributed by atoms with Crippen LogP contribution in [0.2, 0.25) is 0 Å². The number of aliphatic hydroxyl groups is 1. The summed E-state index contributed by atoms with van der Waals surface area (Å²) in [5, 5.41) is 12.7. The van der Waals surface area contributed by atoms with Crippen molar-refractivity contribution < 1.29 is 23.0 Å². The Balaban J connectivity index is 1.82. The molecule has 23 heavy (non-hydrogen) atoms. The molecule has 124 valence electrons. The van der Waals surface area contributed by atoms with Gasteiger partial charge in [0.05, 0.1) is 5.56 Å². The van der Waals surface area contributed by atoms with Crippen molar-refractivity contribution in [2.75, 3.05) is 18.5 Å². The van der Waals surface area contributed by atoms with Gasteiger partial charge in [0.2, 0.25) is 0 Å². The normalized spacial score (nSPS) is 12.7. The molecule has 2 N–H and O–H groups in total. The van der Waals surface area contributed by atoms with Crippen LogP contribution in [0.4, 0.5) is 19.0 Å². The van der Waals surface area contributed by atoms with E-state index in [0.717, 1.165) is 16.6 Å². The van der Waals surface area contributed by atoms with Crippen molar-refractivity contribution in [1.29, 1.82) is 0 Å². The lowest BCUT2D eigenvalue weighted by atomic mass is 10.2. The fraction of sp³-hybridized carbons (Fsp3) is 0.267. The number of alkyl halides is 3. The van der Waals surface area contributed by atoms with Gasteiger partial charge in [-0.3, -0.25) is 0 Å². The molecule has 4 nitrogen and oxygen atoms in total. The summed E-state index contributed by atoms with van der Waals surface area (Å²) >= 11 is 3.26. The van der Waals surface area contributed by atoms with Gasteiger partial charge < -0.3 is 15.2 Å². The van der Waals surface area contributed by atoms with Gasteiger partial charge in [-0.1, -0.05) is 6.07 Å². The van der Waals surface area contributed by atoms with E-state index in [9.17, 15) is 18.3 Å². The Kier molecular flexibility index (Phi) is 5.84. The van der Waals surface area contributed by atoms with E-state index in [0.29, 0.717) is 5.82 Å². The molecule has 1 atom stereocenters. The lowest BCUT2D eigenvalue weighted by molar-refractivity contribution is -0.137. The molecule has 0 aliphatic carbocycles. The number of pyridine rings is 1. The molecule has 1 aromatic heterocycles. The predicted molar refractivity (Wildman–Crippen MR) is 83.4 cm³/mol. The van der Waals surface area contributed by atoms with E-state index >= 15 is 0 Å². The van der Waals surface area contributed by atoms with Gasteiger partial charge in [-0.2, -0.15) is 13.2 Å². The van der Waals surface area contributed by atoms with Crippen LogP contribution in [0.3, 0.4) is 0 Å². The zero-order valence-corrected chi connectivity index (χ0v) is 13.4. The number of halogens is 4. The largest absolute Gasteiger partial charge is 0.491 e. The Morgan fingerprint density at radius 2 is 2.04 bits per heavy atom. The molecule has 2 aromatic rings. The Hall–Kier alpha value is -1.80. The summed E-state index contributed by atoms with van der Waals surface area (Å²) in [6.07, 6.45) is -3.71. The van der Waals surface area contributed by atoms with Gasteiger partial charge in [-0.15, -0.1) is 0 Å². The maximum atomic E-state index is 12.6. The van der Waals surface area contributed by atoms with Crippen LogP contribution in [0.5, 0.6) is 5.75 Å². The summed E-state index contributed by atoms with van der Waals surface area (Å²) < 4.78 is 43.8. The zero-order chi connectivity index (χ0) is 16.9. The molecular formula is C15H14BrF3N2O2. The molecule has 1 heterocycles. The van der Waals surface area contributed by atoms with E-state index < -0.39 is 17.8 Å². The zero-order valence-electron chi connectivity index (χ0n) is 11.8. The minimum atomic E-state index is -4.42. The third kappa shape index (κ3) is 5.72. The van der Waals surface area contributed by atoms with Crippen LogP contribution in [0.25, 0.3) is 0 Å². The van der Waals surface area contributed by atoms with Crippen molar-refractivity contribution in [3.8, 4) is 5.75 Å². The summed E-state index contributed by atoms with van der Waals surface area (Å²) in [4.78, 5) is 4.07. The van der Waals surface area contributed by atoms with Gasteiger partial charge in [-0.25, -0.2) is 4.98 Å². The lowest BCUT2D eigenvalue weighted by Crippen LogP contribution is -2.26.